The van der Waals surface area contributed by atoms with Crippen molar-refractivity contribution in [3.8, 4) is 23.5 Å². The minimum Gasteiger partial charge on any atom is -0.467 e. The number of piperidine rings is 1. The number of likely N-dealkylation sites (tertiary alicyclic amines) is 1. The molecule has 0 N–H and O–H groups in total. The Balaban J connectivity index is 1.68. The molecule has 2 aromatic carbocycles. The fraction of sp³-hybridized carbons (Fsp3) is 0.280. The highest BCUT2D eigenvalue weighted by atomic mass is 35.5. The molecule has 0 amide bonds. The monoisotopic (exact) mass is 476 g/mol. The van der Waals surface area contributed by atoms with Gasteiger partial charge >= 0.3 is 6.01 Å². The first kappa shape index (κ1) is 22.1. The van der Waals surface area contributed by atoms with Crippen LogP contribution in [0, 0.1) is 17.3 Å². The molecule has 4 aromatic rings. The van der Waals surface area contributed by atoms with Crippen molar-refractivity contribution in [2.75, 3.05) is 32.1 Å². The number of hydrogen-bond acceptors (Lipinski definition) is 7. The zero-order valence-electron chi connectivity index (χ0n) is 18.8. The molecule has 1 aliphatic heterocycles. The lowest BCUT2D eigenvalue weighted by Crippen LogP contribution is -2.45. The third-order valence-corrected chi connectivity index (χ3v) is 6.67. The summed E-state index contributed by atoms with van der Waals surface area (Å²) in [6, 6.07) is 11.2. The number of hydrogen-bond donors (Lipinski definition) is 0. The molecule has 0 radical (unpaired) electrons. The van der Waals surface area contributed by atoms with Gasteiger partial charge < -0.3 is 14.5 Å². The van der Waals surface area contributed by atoms with Crippen molar-refractivity contribution in [3.63, 3.8) is 0 Å². The Kier molecular flexibility index (Phi) is 5.80. The van der Waals surface area contributed by atoms with Crippen molar-refractivity contribution in [1.29, 1.82) is 5.26 Å². The van der Waals surface area contributed by atoms with Gasteiger partial charge in [0.05, 0.1) is 12.5 Å². The number of fused-ring (bicyclic) bond motifs is 2. The molecule has 9 heteroatoms. The summed E-state index contributed by atoms with van der Waals surface area (Å²) in [5, 5.41) is 12.0. The second-order valence-corrected chi connectivity index (χ2v) is 8.72. The van der Waals surface area contributed by atoms with Crippen LogP contribution < -0.4 is 9.64 Å². The van der Waals surface area contributed by atoms with Crippen molar-refractivity contribution in [2.45, 2.75) is 18.9 Å². The third kappa shape index (κ3) is 3.72. The Morgan fingerprint density at radius 1 is 1.24 bits per heavy atom. The molecule has 0 saturated carbocycles. The highest BCUT2D eigenvalue weighted by Gasteiger charge is 2.27. The van der Waals surface area contributed by atoms with E-state index < -0.39 is 5.82 Å². The summed E-state index contributed by atoms with van der Waals surface area (Å²) in [5.74, 6) is -0.0527. The Labute approximate surface area is 201 Å². The average molecular weight is 477 g/mol. The smallest absolute Gasteiger partial charge is 0.318 e. The van der Waals surface area contributed by atoms with Gasteiger partial charge in [-0.15, -0.1) is 0 Å². The number of nitriles is 1. The molecule has 0 aliphatic carbocycles. The average Bonchev–Trinajstić information content (AvgIpc) is 2.88. The number of methoxy groups -OCH3 is 1. The number of rotatable bonds is 4. The predicted molar refractivity (Wildman–Crippen MR) is 130 cm³/mol. The van der Waals surface area contributed by atoms with Crippen molar-refractivity contribution in [3.05, 3.63) is 53.4 Å². The Hall–Kier alpha value is -3.70. The van der Waals surface area contributed by atoms with Gasteiger partial charge in [0.1, 0.15) is 17.0 Å². The molecule has 1 aliphatic rings. The van der Waals surface area contributed by atoms with E-state index >= 15 is 4.39 Å². The van der Waals surface area contributed by atoms with E-state index in [-0.39, 0.29) is 23.3 Å². The van der Waals surface area contributed by atoms with E-state index in [0.29, 0.717) is 28.3 Å². The summed E-state index contributed by atoms with van der Waals surface area (Å²) < 4.78 is 21.3. The molecule has 7 nitrogen and oxygen atoms in total. The number of halogens is 2. The van der Waals surface area contributed by atoms with E-state index in [0.717, 1.165) is 30.2 Å². The molecular formula is C25H22ClFN6O. The summed E-state index contributed by atoms with van der Waals surface area (Å²) in [6.07, 6.45) is 5.60. The van der Waals surface area contributed by atoms with E-state index in [1.54, 1.807) is 23.2 Å². The summed E-state index contributed by atoms with van der Waals surface area (Å²) in [6.45, 7) is 1.31. The molecule has 0 spiro atoms. The first-order valence-corrected chi connectivity index (χ1v) is 11.3. The second kappa shape index (κ2) is 8.92. The maximum Gasteiger partial charge on any atom is 0.318 e. The van der Waals surface area contributed by atoms with Gasteiger partial charge in [-0.1, -0.05) is 41.9 Å². The van der Waals surface area contributed by atoms with Crippen molar-refractivity contribution in [2.24, 2.45) is 0 Å². The fourth-order valence-corrected chi connectivity index (χ4v) is 4.88. The standard InChI is InChI=1S/C25H22ClFN6O/c1-32(16-8-5-11-33(13-16)14-28)24-18-12-29-22(21(27)23(18)30-25(31-24)34-2)17-9-3-6-15-7-4-10-19(26)20(15)17/h3-4,6-7,9-10,12,16H,5,8,11,13H2,1-2H3. The van der Waals surface area contributed by atoms with Crippen LogP contribution in [-0.2, 0) is 0 Å². The quantitative estimate of drug-likeness (QED) is 0.382. The van der Waals surface area contributed by atoms with Crippen LogP contribution in [-0.4, -0.2) is 53.1 Å². The zero-order chi connectivity index (χ0) is 23.8. The molecule has 1 fully saturated rings. The number of ether oxygens (including phenoxy) is 1. The minimum atomic E-state index is -0.567. The molecule has 0 bridgehead atoms. The minimum absolute atomic E-state index is 0.0378. The van der Waals surface area contributed by atoms with Crippen LogP contribution in [0.1, 0.15) is 12.8 Å². The summed E-state index contributed by atoms with van der Waals surface area (Å²) >= 11 is 6.48. The lowest BCUT2D eigenvalue weighted by atomic mass is 10.0. The number of likely N-dealkylation sites (N-methyl/N-ethyl adjacent to an activating group) is 1. The molecule has 1 atom stereocenters. The zero-order valence-corrected chi connectivity index (χ0v) is 19.6. The van der Waals surface area contributed by atoms with E-state index in [1.165, 1.54) is 7.11 Å². The van der Waals surface area contributed by atoms with Crippen LogP contribution >= 0.6 is 11.6 Å². The van der Waals surface area contributed by atoms with E-state index in [4.69, 9.17) is 16.3 Å². The van der Waals surface area contributed by atoms with Crippen LogP contribution in [0.5, 0.6) is 6.01 Å². The van der Waals surface area contributed by atoms with Crippen molar-refractivity contribution >= 4 is 39.1 Å². The number of anilines is 1. The first-order chi connectivity index (χ1) is 16.5. The fourth-order valence-electron chi connectivity index (χ4n) is 4.60. The summed E-state index contributed by atoms with van der Waals surface area (Å²) in [7, 11) is 3.34. The molecule has 34 heavy (non-hydrogen) atoms. The van der Waals surface area contributed by atoms with E-state index in [1.807, 2.05) is 36.2 Å². The maximum absolute atomic E-state index is 16.0. The topological polar surface area (TPSA) is 78.2 Å². The second-order valence-electron chi connectivity index (χ2n) is 8.31. The van der Waals surface area contributed by atoms with E-state index in [2.05, 4.69) is 21.1 Å². The molecule has 2 aromatic heterocycles. The molecule has 3 heterocycles. The molecule has 5 rings (SSSR count). The molecular weight excluding hydrogens is 455 g/mol. The number of aromatic nitrogens is 3. The van der Waals surface area contributed by atoms with Gasteiger partial charge in [0.15, 0.2) is 12.0 Å². The Morgan fingerprint density at radius 3 is 2.79 bits per heavy atom. The van der Waals surface area contributed by atoms with Gasteiger partial charge in [-0.05, 0) is 24.3 Å². The largest absolute Gasteiger partial charge is 0.467 e. The van der Waals surface area contributed by atoms with Crippen molar-refractivity contribution < 1.29 is 9.13 Å². The van der Waals surface area contributed by atoms with Gasteiger partial charge in [-0.25, -0.2) is 4.39 Å². The number of pyridine rings is 1. The lowest BCUT2D eigenvalue weighted by Gasteiger charge is -2.36. The van der Waals surface area contributed by atoms with Gasteiger partial charge in [0.25, 0.3) is 0 Å². The Morgan fingerprint density at radius 2 is 2.03 bits per heavy atom. The van der Waals surface area contributed by atoms with Crippen LogP contribution in [0.25, 0.3) is 32.9 Å². The SMILES string of the molecule is COc1nc(N(C)C2CCCN(C#N)C2)c2cnc(-c3cccc4cccc(Cl)c34)c(F)c2n1. The summed E-state index contributed by atoms with van der Waals surface area (Å²) in [5.41, 5.74) is 0.872. The van der Waals surface area contributed by atoms with Gasteiger partial charge in [0, 0.05) is 48.3 Å². The predicted octanol–water partition coefficient (Wildman–Crippen LogP) is 5.03. The van der Waals surface area contributed by atoms with Crippen molar-refractivity contribution in [1.82, 2.24) is 19.9 Å². The van der Waals surface area contributed by atoms with Crippen LogP contribution in [0.4, 0.5) is 10.2 Å². The lowest BCUT2D eigenvalue weighted by molar-refractivity contribution is 0.286. The normalized spacial score (nSPS) is 16.0. The van der Waals surface area contributed by atoms with Gasteiger partial charge in [0.2, 0.25) is 0 Å². The first-order valence-electron chi connectivity index (χ1n) is 11.0. The molecule has 1 saturated heterocycles. The highest BCUT2D eigenvalue weighted by molar-refractivity contribution is 6.36. The molecule has 1 unspecified atom stereocenters. The van der Waals surface area contributed by atoms with Crippen LogP contribution in [0.2, 0.25) is 5.02 Å². The van der Waals surface area contributed by atoms with Crippen LogP contribution in [0.15, 0.2) is 42.6 Å². The van der Waals surface area contributed by atoms with Gasteiger partial charge in [-0.3, -0.25) is 4.98 Å². The summed E-state index contributed by atoms with van der Waals surface area (Å²) in [4.78, 5) is 17.0. The molecule has 172 valence electrons. The number of nitrogens with zero attached hydrogens (tertiary/aromatic N) is 6. The van der Waals surface area contributed by atoms with E-state index in [9.17, 15) is 5.26 Å². The van der Waals surface area contributed by atoms with Crippen LogP contribution in [0.3, 0.4) is 0 Å². The Bertz CT molecular complexity index is 1430. The highest BCUT2D eigenvalue weighted by Crippen LogP contribution is 2.37. The maximum atomic E-state index is 16.0. The van der Waals surface area contributed by atoms with Gasteiger partial charge in [-0.2, -0.15) is 15.2 Å². The third-order valence-electron chi connectivity index (χ3n) is 6.35. The number of benzene rings is 2.